The minimum atomic E-state index is -0.464. The maximum atomic E-state index is 13.6. The molecule has 0 radical (unpaired) electrons. The third-order valence-electron chi connectivity index (χ3n) is 1.85. The zero-order chi connectivity index (χ0) is 10.7. The van der Waals surface area contributed by atoms with Crippen LogP contribution in [0.2, 0.25) is 5.02 Å². The first-order valence-electron chi connectivity index (χ1n) is 4.16. The fraction of sp³-hybridized carbons (Fsp3) is 0.300. The standard InChI is InChI=1S/C10H10ClFOS/c1-3-8(13)7-4-6(11)5-9(14-2)10(7)12/h4-5H,3H2,1-2H3. The van der Waals surface area contributed by atoms with E-state index in [-0.39, 0.29) is 17.8 Å². The molecule has 0 unspecified atom stereocenters. The number of rotatable bonds is 3. The molecule has 76 valence electrons. The Morgan fingerprint density at radius 1 is 1.57 bits per heavy atom. The molecule has 0 spiro atoms. The van der Waals surface area contributed by atoms with Gasteiger partial charge in [0.25, 0.3) is 0 Å². The van der Waals surface area contributed by atoms with E-state index in [0.717, 1.165) is 0 Å². The summed E-state index contributed by atoms with van der Waals surface area (Å²) in [5.41, 5.74) is 0.0874. The number of hydrogen-bond acceptors (Lipinski definition) is 2. The van der Waals surface area contributed by atoms with Gasteiger partial charge in [0.1, 0.15) is 5.82 Å². The molecule has 0 fully saturated rings. The maximum absolute atomic E-state index is 13.6. The lowest BCUT2D eigenvalue weighted by atomic mass is 10.1. The normalized spacial score (nSPS) is 10.3. The van der Waals surface area contributed by atoms with Crippen molar-refractivity contribution in [1.29, 1.82) is 0 Å². The van der Waals surface area contributed by atoms with Gasteiger partial charge in [-0.05, 0) is 18.4 Å². The van der Waals surface area contributed by atoms with Crippen molar-refractivity contribution in [2.45, 2.75) is 18.2 Å². The van der Waals surface area contributed by atoms with Gasteiger partial charge in [0.05, 0.1) is 5.56 Å². The second kappa shape index (κ2) is 4.80. The minimum Gasteiger partial charge on any atom is -0.294 e. The van der Waals surface area contributed by atoms with Gasteiger partial charge in [0.2, 0.25) is 0 Å². The van der Waals surface area contributed by atoms with E-state index in [0.29, 0.717) is 9.92 Å². The SMILES string of the molecule is CCC(=O)c1cc(Cl)cc(SC)c1F. The summed E-state index contributed by atoms with van der Waals surface area (Å²) in [5.74, 6) is -0.686. The summed E-state index contributed by atoms with van der Waals surface area (Å²) in [6.45, 7) is 1.70. The van der Waals surface area contributed by atoms with Crippen LogP contribution in [-0.2, 0) is 0 Å². The molecule has 1 aromatic carbocycles. The first-order valence-corrected chi connectivity index (χ1v) is 5.76. The van der Waals surface area contributed by atoms with Crippen molar-refractivity contribution in [3.8, 4) is 0 Å². The average Bonchev–Trinajstić information content (AvgIpc) is 2.19. The highest BCUT2D eigenvalue weighted by Crippen LogP contribution is 2.27. The van der Waals surface area contributed by atoms with Crippen molar-refractivity contribution in [3.63, 3.8) is 0 Å². The topological polar surface area (TPSA) is 17.1 Å². The summed E-state index contributed by atoms with van der Waals surface area (Å²) in [5, 5.41) is 0.396. The van der Waals surface area contributed by atoms with E-state index < -0.39 is 5.82 Å². The summed E-state index contributed by atoms with van der Waals surface area (Å²) in [6.07, 6.45) is 2.03. The third-order valence-corrected chi connectivity index (χ3v) is 2.80. The van der Waals surface area contributed by atoms with Crippen LogP contribution in [0.15, 0.2) is 17.0 Å². The molecule has 0 saturated heterocycles. The summed E-state index contributed by atoms with van der Waals surface area (Å²) < 4.78 is 13.6. The van der Waals surface area contributed by atoms with E-state index in [1.807, 2.05) is 0 Å². The molecule has 0 atom stereocenters. The van der Waals surface area contributed by atoms with Gasteiger partial charge in [0.15, 0.2) is 5.78 Å². The fourth-order valence-electron chi connectivity index (χ4n) is 1.11. The number of Topliss-reactive ketones (excluding diaryl/α,β-unsaturated/α-hetero) is 1. The predicted molar refractivity (Wildman–Crippen MR) is 57.8 cm³/mol. The molecule has 0 heterocycles. The predicted octanol–water partition coefficient (Wildman–Crippen LogP) is 3.79. The van der Waals surface area contributed by atoms with Gasteiger partial charge in [-0.1, -0.05) is 18.5 Å². The van der Waals surface area contributed by atoms with E-state index in [1.54, 1.807) is 13.2 Å². The molecule has 0 saturated carbocycles. The Labute approximate surface area is 91.6 Å². The van der Waals surface area contributed by atoms with Gasteiger partial charge >= 0.3 is 0 Å². The molecular weight excluding hydrogens is 223 g/mol. The van der Waals surface area contributed by atoms with Crippen molar-refractivity contribution in [1.82, 2.24) is 0 Å². The molecule has 0 bridgehead atoms. The fourth-order valence-corrected chi connectivity index (χ4v) is 1.92. The number of thioether (sulfide) groups is 1. The number of benzene rings is 1. The summed E-state index contributed by atoms with van der Waals surface area (Å²) >= 11 is 7.01. The second-order valence-electron chi connectivity index (χ2n) is 2.75. The Morgan fingerprint density at radius 3 is 2.71 bits per heavy atom. The van der Waals surface area contributed by atoms with Crippen LogP contribution >= 0.6 is 23.4 Å². The molecule has 0 aliphatic carbocycles. The van der Waals surface area contributed by atoms with Gasteiger partial charge in [-0.15, -0.1) is 11.8 Å². The van der Waals surface area contributed by atoms with Crippen molar-refractivity contribution in [3.05, 3.63) is 28.5 Å². The Bertz CT molecular complexity index is 365. The first kappa shape index (κ1) is 11.5. The Kier molecular flexibility index (Phi) is 3.96. The molecule has 0 N–H and O–H groups in total. The molecule has 1 rings (SSSR count). The van der Waals surface area contributed by atoms with Crippen molar-refractivity contribution in [2.24, 2.45) is 0 Å². The molecule has 14 heavy (non-hydrogen) atoms. The van der Waals surface area contributed by atoms with Crippen LogP contribution < -0.4 is 0 Å². The molecular formula is C10H10ClFOS. The lowest BCUT2D eigenvalue weighted by Gasteiger charge is -2.05. The largest absolute Gasteiger partial charge is 0.294 e. The van der Waals surface area contributed by atoms with Gasteiger partial charge in [-0.2, -0.15) is 0 Å². The van der Waals surface area contributed by atoms with Crippen LogP contribution in [0.5, 0.6) is 0 Å². The number of carbonyl (C=O) groups excluding carboxylic acids is 1. The zero-order valence-electron chi connectivity index (χ0n) is 7.93. The Morgan fingerprint density at radius 2 is 2.21 bits per heavy atom. The third kappa shape index (κ3) is 2.28. The highest BCUT2D eigenvalue weighted by atomic mass is 35.5. The summed E-state index contributed by atoms with van der Waals surface area (Å²) in [4.78, 5) is 11.8. The van der Waals surface area contributed by atoms with E-state index in [2.05, 4.69) is 0 Å². The second-order valence-corrected chi connectivity index (χ2v) is 4.03. The van der Waals surface area contributed by atoms with Crippen LogP contribution in [-0.4, -0.2) is 12.0 Å². The molecule has 0 aliphatic heterocycles. The summed E-state index contributed by atoms with van der Waals surface area (Å²) in [7, 11) is 0. The Balaban J connectivity index is 3.29. The molecule has 0 aliphatic rings. The first-order chi connectivity index (χ1) is 6.60. The van der Waals surface area contributed by atoms with E-state index >= 15 is 0 Å². The summed E-state index contributed by atoms with van der Waals surface area (Å²) in [6, 6.07) is 2.90. The lowest BCUT2D eigenvalue weighted by molar-refractivity contribution is 0.0983. The van der Waals surface area contributed by atoms with Crippen LogP contribution in [0, 0.1) is 5.82 Å². The highest BCUT2D eigenvalue weighted by molar-refractivity contribution is 7.98. The van der Waals surface area contributed by atoms with Crippen molar-refractivity contribution in [2.75, 3.05) is 6.26 Å². The van der Waals surface area contributed by atoms with Crippen LogP contribution in [0.3, 0.4) is 0 Å². The molecule has 0 amide bonds. The van der Waals surface area contributed by atoms with Crippen molar-refractivity contribution >= 4 is 29.1 Å². The molecule has 0 aromatic heterocycles. The maximum Gasteiger partial charge on any atom is 0.165 e. The van der Waals surface area contributed by atoms with Crippen LogP contribution in [0.4, 0.5) is 4.39 Å². The van der Waals surface area contributed by atoms with Gasteiger partial charge in [-0.3, -0.25) is 4.79 Å². The average molecular weight is 233 g/mol. The number of hydrogen-bond donors (Lipinski definition) is 0. The minimum absolute atomic E-state index is 0.0874. The molecule has 4 heteroatoms. The quantitative estimate of drug-likeness (QED) is 0.583. The van der Waals surface area contributed by atoms with Crippen LogP contribution in [0.25, 0.3) is 0 Å². The molecule has 1 aromatic rings. The highest BCUT2D eigenvalue weighted by Gasteiger charge is 2.14. The van der Waals surface area contributed by atoms with E-state index in [9.17, 15) is 9.18 Å². The van der Waals surface area contributed by atoms with E-state index in [4.69, 9.17) is 11.6 Å². The number of ketones is 1. The van der Waals surface area contributed by atoms with Gasteiger partial charge in [0, 0.05) is 16.3 Å². The zero-order valence-corrected chi connectivity index (χ0v) is 9.51. The van der Waals surface area contributed by atoms with Crippen LogP contribution in [0.1, 0.15) is 23.7 Å². The monoisotopic (exact) mass is 232 g/mol. The Hall–Kier alpha value is -0.540. The van der Waals surface area contributed by atoms with E-state index in [1.165, 1.54) is 23.9 Å². The lowest BCUT2D eigenvalue weighted by Crippen LogP contribution is -2.01. The van der Waals surface area contributed by atoms with Gasteiger partial charge in [-0.25, -0.2) is 4.39 Å². The number of halogens is 2. The van der Waals surface area contributed by atoms with Crippen molar-refractivity contribution < 1.29 is 9.18 Å². The number of carbonyl (C=O) groups is 1. The molecule has 1 nitrogen and oxygen atoms in total. The smallest absolute Gasteiger partial charge is 0.165 e. The van der Waals surface area contributed by atoms with Gasteiger partial charge < -0.3 is 0 Å².